The first-order chi connectivity index (χ1) is 7.26. The van der Waals surface area contributed by atoms with Crippen molar-refractivity contribution in [1.29, 1.82) is 0 Å². The Morgan fingerprint density at radius 1 is 1.62 bits per heavy atom. The number of aliphatic hydroxyl groups is 1. The molecule has 0 aliphatic heterocycles. The van der Waals surface area contributed by atoms with E-state index in [0.29, 0.717) is 19.3 Å². The van der Waals surface area contributed by atoms with Crippen molar-refractivity contribution in [3.8, 4) is 0 Å². The molecule has 1 rings (SSSR count). The Kier molecular flexibility index (Phi) is 3.17. The topological polar surface area (TPSA) is 81.2 Å². The van der Waals surface area contributed by atoms with Gasteiger partial charge in [0.2, 0.25) is 6.30 Å². The third-order valence-corrected chi connectivity index (χ3v) is 1.96. The molecule has 90 valence electrons. The smallest absolute Gasteiger partial charge is 0.307 e. The van der Waals surface area contributed by atoms with E-state index in [1.807, 2.05) is 0 Å². The molecule has 9 heteroatoms. The van der Waals surface area contributed by atoms with Gasteiger partial charge in [-0.15, -0.1) is 0 Å². The molecule has 0 saturated carbocycles. The number of rotatable bonds is 4. The summed E-state index contributed by atoms with van der Waals surface area (Å²) < 4.78 is 38.2. The summed E-state index contributed by atoms with van der Waals surface area (Å²) in [6.07, 6.45) is -4.58. The Morgan fingerprint density at radius 2 is 2.19 bits per heavy atom. The summed E-state index contributed by atoms with van der Waals surface area (Å²) in [5.74, 6) is 0. The number of hydrogen-bond acceptors (Lipinski definition) is 4. The van der Waals surface area contributed by atoms with Crippen LogP contribution in [0.1, 0.15) is 13.2 Å². The van der Waals surface area contributed by atoms with Crippen LogP contribution >= 0.6 is 0 Å². The summed E-state index contributed by atoms with van der Waals surface area (Å²) in [5, 5.41) is 22.5. The SMILES string of the molecule is CC(O)(C(F)F)C(F)n1cc([N+](=O)[O-])cn1. The fourth-order valence-corrected chi connectivity index (χ4v) is 0.918. The largest absolute Gasteiger partial charge is 0.379 e. The molecular formula is C7H8F3N3O3. The van der Waals surface area contributed by atoms with E-state index in [9.17, 15) is 23.3 Å². The average Bonchev–Trinajstić information content (AvgIpc) is 2.64. The molecule has 6 nitrogen and oxygen atoms in total. The van der Waals surface area contributed by atoms with Crippen molar-refractivity contribution in [2.45, 2.75) is 25.2 Å². The van der Waals surface area contributed by atoms with Crippen molar-refractivity contribution in [1.82, 2.24) is 9.78 Å². The zero-order valence-corrected chi connectivity index (χ0v) is 8.05. The minimum Gasteiger partial charge on any atom is -0.379 e. The molecule has 2 atom stereocenters. The summed E-state index contributed by atoms with van der Waals surface area (Å²) in [4.78, 5) is 9.39. The fourth-order valence-electron chi connectivity index (χ4n) is 0.918. The van der Waals surface area contributed by atoms with E-state index >= 15 is 0 Å². The molecule has 1 aromatic rings. The zero-order chi connectivity index (χ0) is 12.5. The Labute approximate surface area is 87.4 Å². The van der Waals surface area contributed by atoms with Crippen LogP contribution in [0.5, 0.6) is 0 Å². The molecule has 1 heterocycles. The van der Waals surface area contributed by atoms with E-state index in [2.05, 4.69) is 5.10 Å². The van der Waals surface area contributed by atoms with E-state index < -0.39 is 28.9 Å². The normalized spacial score (nSPS) is 17.1. The predicted octanol–water partition coefficient (Wildman–Crippen LogP) is 1.28. The summed E-state index contributed by atoms with van der Waals surface area (Å²) >= 11 is 0. The average molecular weight is 239 g/mol. The second-order valence-electron chi connectivity index (χ2n) is 3.30. The van der Waals surface area contributed by atoms with Crippen molar-refractivity contribution in [2.24, 2.45) is 0 Å². The van der Waals surface area contributed by atoms with Gasteiger partial charge in [-0.3, -0.25) is 10.1 Å². The van der Waals surface area contributed by atoms with Gasteiger partial charge in [-0.25, -0.2) is 17.9 Å². The fraction of sp³-hybridized carbons (Fsp3) is 0.571. The standard InChI is InChI=1S/C7H8F3N3O3/c1-7(14,5(8)9)6(10)12-3-4(2-11-12)13(15)16/h2-3,5-6,14H,1H3. The molecule has 0 saturated heterocycles. The lowest BCUT2D eigenvalue weighted by Crippen LogP contribution is -2.41. The van der Waals surface area contributed by atoms with Crippen molar-refractivity contribution in [3.05, 3.63) is 22.5 Å². The van der Waals surface area contributed by atoms with Crippen molar-refractivity contribution in [2.75, 3.05) is 0 Å². The highest BCUT2D eigenvalue weighted by Gasteiger charge is 2.43. The Balaban J connectivity index is 2.96. The highest BCUT2D eigenvalue weighted by molar-refractivity contribution is 5.21. The van der Waals surface area contributed by atoms with Gasteiger partial charge in [0.15, 0.2) is 5.60 Å². The first-order valence-corrected chi connectivity index (χ1v) is 4.10. The third-order valence-electron chi connectivity index (χ3n) is 1.96. The molecule has 0 aromatic carbocycles. The van der Waals surface area contributed by atoms with Crippen molar-refractivity contribution < 1.29 is 23.2 Å². The van der Waals surface area contributed by atoms with Crippen LogP contribution in [0.4, 0.5) is 18.9 Å². The highest BCUT2D eigenvalue weighted by atomic mass is 19.3. The second-order valence-corrected chi connectivity index (χ2v) is 3.30. The molecule has 0 amide bonds. The van der Waals surface area contributed by atoms with Crippen LogP contribution in [0.25, 0.3) is 0 Å². The quantitative estimate of drug-likeness (QED) is 0.633. The van der Waals surface area contributed by atoms with Crippen LogP contribution in [0.3, 0.4) is 0 Å². The summed E-state index contributed by atoms with van der Waals surface area (Å²) in [7, 11) is 0. The molecule has 2 unspecified atom stereocenters. The Bertz CT molecular complexity index is 393. The first kappa shape index (κ1) is 12.4. The van der Waals surface area contributed by atoms with E-state index in [4.69, 9.17) is 5.11 Å². The maximum Gasteiger partial charge on any atom is 0.307 e. The van der Waals surface area contributed by atoms with Gasteiger partial charge in [-0.2, -0.15) is 5.10 Å². The van der Waals surface area contributed by atoms with Crippen LogP contribution in [-0.2, 0) is 0 Å². The van der Waals surface area contributed by atoms with Gasteiger partial charge in [0, 0.05) is 0 Å². The maximum absolute atomic E-state index is 13.4. The number of aromatic nitrogens is 2. The van der Waals surface area contributed by atoms with E-state index in [-0.39, 0.29) is 4.68 Å². The lowest BCUT2D eigenvalue weighted by Gasteiger charge is -2.25. The third kappa shape index (κ3) is 2.13. The Morgan fingerprint density at radius 3 is 2.56 bits per heavy atom. The van der Waals surface area contributed by atoms with Gasteiger partial charge in [-0.1, -0.05) is 0 Å². The summed E-state index contributed by atoms with van der Waals surface area (Å²) in [5.41, 5.74) is -3.51. The molecule has 0 aliphatic carbocycles. The van der Waals surface area contributed by atoms with E-state index in [0.717, 1.165) is 0 Å². The van der Waals surface area contributed by atoms with Gasteiger partial charge in [0.25, 0.3) is 6.43 Å². The molecule has 0 radical (unpaired) electrons. The van der Waals surface area contributed by atoms with E-state index in [1.54, 1.807) is 0 Å². The highest BCUT2D eigenvalue weighted by Crippen LogP contribution is 2.30. The minimum absolute atomic E-state index is 0.282. The van der Waals surface area contributed by atoms with Gasteiger partial charge < -0.3 is 5.11 Å². The van der Waals surface area contributed by atoms with Crippen LogP contribution in [0, 0.1) is 10.1 Å². The molecule has 0 fully saturated rings. The summed E-state index contributed by atoms with van der Waals surface area (Å²) in [6, 6.07) is 0. The molecule has 0 bridgehead atoms. The maximum atomic E-state index is 13.4. The molecular weight excluding hydrogens is 231 g/mol. The summed E-state index contributed by atoms with van der Waals surface area (Å²) in [6.45, 7) is 0.579. The minimum atomic E-state index is -3.34. The van der Waals surface area contributed by atoms with Crippen LogP contribution in [0.15, 0.2) is 12.4 Å². The number of nitro groups is 1. The van der Waals surface area contributed by atoms with Gasteiger partial charge in [0.05, 0.1) is 4.92 Å². The van der Waals surface area contributed by atoms with Crippen LogP contribution in [-0.4, -0.2) is 31.8 Å². The lowest BCUT2D eigenvalue weighted by molar-refractivity contribution is -0.385. The van der Waals surface area contributed by atoms with Crippen LogP contribution < -0.4 is 0 Å². The number of hydrogen-bond donors (Lipinski definition) is 1. The molecule has 1 N–H and O–H groups in total. The molecule has 1 aromatic heterocycles. The Hall–Kier alpha value is -1.64. The molecule has 16 heavy (non-hydrogen) atoms. The van der Waals surface area contributed by atoms with Crippen molar-refractivity contribution in [3.63, 3.8) is 0 Å². The predicted molar refractivity (Wildman–Crippen MR) is 45.7 cm³/mol. The number of alkyl halides is 3. The number of halogens is 3. The zero-order valence-electron chi connectivity index (χ0n) is 8.05. The number of nitrogens with zero attached hydrogens (tertiary/aromatic N) is 3. The second kappa shape index (κ2) is 4.08. The molecule has 0 spiro atoms. The monoisotopic (exact) mass is 239 g/mol. The lowest BCUT2D eigenvalue weighted by atomic mass is 10.1. The van der Waals surface area contributed by atoms with Gasteiger partial charge >= 0.3 is 5.69 Å². The van der Waals surface area contributed by atoms with Gasteiger partial charge in [0.1, 0.15) is 12.4 Å². The van der Waals surface area contributed by atoms with E-state index in [1.165, 1.54) is 0 Å². The molecule has 0 aliphatic rings. The van der Waals surface area contributed by atoms with Crippen LogP contribution in [0.2, 0.25) is 0 Å². The van der Waals surface area contributed by atoms with Crippen molar-refractivity contribution >= 4 is 5.69 Å². The first-order valence-electron chi connectivity index (χ1n) is 4.10. The van der Waals surface area contributed by atoms with Gasteiger partial charge in [-0.05, 0) is 6.92 Å².